The Hall–Kier alpha value is -3.40. The summed E-state index contributed by atoms with van der Waals surface area (Å²) in [4.78, 5) is 55.1. The van der Waals surface area contributed by atoms with E-state index in [1.165, 1.54) is 25.6 Å². The van der Waals surface area contributed by atoms with E-state index in [0.717, 1.165) is 34.6 Å². The molecule has 220 valence electrons. The third-order valence-corrected chi connectivity index (χ3v) is 9.83. The number of sulfone groups is 1. The van der Waals surface area contributed by atoms with Crippen molar-refractivity contribution in [2.24, 2.45) is 4.99 Å². The summed E-state index contributed by atoms with van der Waals surface area (Å²) in [6.45, 7) is 2.46. The van der Waals surface area contributed by atoms with Crippen molar-refractivity contribution in [1.29, 1.82) is 0 Å². The number of anilines is 1. The number of carbonyl (C=O) groups excluding carboxylic acids is 4. The first kappa shape index (κ1) is 30.6. The highest BCUT2D eigenvalue weighted by Gasteiger charge is 2.29. The number of methoxy groups -OCH3 is 2. The minimum atomic E-state index is -4.20. The van der Waals surface area contributed by atoms with Gasteiger partial charge in [0.05, 0.1) is 41.7 Å². The highest BCUT2D eigenvalue weighted by atomic mass is 32.2. The molecule has 2 heterocycles. The summed E-state index contributed by atoms with van der Waals surface area (Å²) in [7, 11) is -1.41. The van der Waals surface area contributed by atoms with Crippen molar-refractivity contribution in [2.45, 2.75) is 32.7 Å². The lowest BCUT2D eigenvalue weighted by Crippen LogP contribution is -2.28. The van der Waals surface area contributed by atoms with E-state index in [4.69, 9.17) is 14.2 Å². The summed E-state index contributed by atoms with van der Waals surface area (Å²) in [5, 5.41) is 2.78. The molecular weight excluding hydrogens is 594 g/mol. The van der Waals surface area contributed by atoms with E-state index in [9.17, 15) is 27.6 Å². The molecule has 0 aliphatic heterocycles. The maximum absolute atomic E-state index is 12.8. The van der Waals surface area contributed by atoms with Crippen LogP contribution in [0, 0.1) is 0 Å². The molecule has 2 aromatic heterocycles. The molecule has 4 rings (SSSR count). The second-order valence-corrected chi connectivity index (χ2v) is 13.2. The van der Waals surface area contributed by atoms with Crippen molar-refractivity contribution < 1.29 is 41.8 Å². The Morgan fingerprint density at radius 3 is 2.56 bits per heavy atom. The molecule has 0 spiro atoms. The number of aryl methyl sites for hydroxylation is 1. The average molecular weight is 624 g/mol. The summed E-state index contributed by atoms with van der Waals surface area (Å²) >= 11 is 2.33. The van der Waals surface area contributed by atoms with Crippen molar-refractivity contribution in [3.05, 3.63) is 44.6 Å². The average Bonchev–Trinajstić information content (AvgIpc) is 3.58. The lowest BCUT2D eigenvalue weighted by Gasteiger charge is -2.08. The van der Waals surface area contributed by atoms with Gasteiger partial charge < -0.3 is 24.1 Å². The van der Waals surface area contributed by atoms with Crippen LogP contribution in [0.25, 0.3) is 10.2 Å². The second-order valence-electron chi connectivity index (χ2n) is 9.07. The van der Waals surface area contributed by atoms with Gasteiger partial charge in [0.25, 0.3) is 5.91 Å². The van der Waals surface area contributed by atoms with Gasteiger partial charge in [-0.3, -0.25) is 9.59 Å². The predicted octanol–water partition coefficient (Wildman–Crippen LogP) is 2.34. The van der Waals surface area contributed by atoms with E-state index in [1.54, 1.807) is 29.7 Å². The van der Waals surface area contributed by atoms with Crippen LogP contribution in [0.5, 0.6) is 0 Å². The Balaban J connectivity index is 1.52. The van der Waals surface area contributed by atoms with Gasteiger partial charge in [-0.05, 0) is 49.9 Å². The Morgan fingerprint density at radius 1 is 1.07 bits per heavy atom. The number of benzene rings is 1. The molecule has 12 nitrogen and oxygen atoms in total. The first-order chi connectivity index (χ1) is 19.6. The van der Waals surface area contributed by atoms with E-state index in [0.29, 0.717) is 35.4 Å². The minimum Gasteiger partial charge on any atom is -0.465 e. The zero-order chi connectivity index (χ0) is 29.7. The standard InChI is InChI=1S/C26H29N3O9S3/c1-4-38-25(33)22-16-6-5-7-18(16)39-23(22)27-20(30)13-41(34,35)14-21(31)28-26-29(10-11-36-2)17-9-8-15(24(32)37-3)12-19(17)40-26/h8-9,12H,4-7,10-11,13-14H2,1-3H3,(H,27,30). The number of nitrogens with one attached hydrogen (secondary N) is 1. The number of aromatic nitrogens is 1. The lowest BCUT2D eigenvalue weighted by atomic mass is 10.1. The third kappa shape index (κ3) is 7.09. The molecule has 0 saturated heterocycles. The number of rotatable bonds is 11. The fraction of sp³-hybridized carbons (Fsp3) is 0.423. The van der Waals surface area contributed by atoms with Gasteiger partial charge in [-0.2, -0.15) is 4.99 Å². The van der Waals surface area contributed by atoms with Crippen LogP contribution in [0.4, 0.5) is 5.00 Å². The molecule has 0 radical (unpaired) electrons. The number of fused-ring (bicyclic) bond motifs is 2. The van der Waals surface area contributed by atoms with Crippen LogP contribution < -0.4 is 10.1 Å². The van der Waals surface area contributed by atoms with Crippen LogP contribution >= 0.6 is 22.7 Å². The monoisotopic (exact) mass is 623 g/mol. The summed E-state index contributed by atoms with van der Waals surface area (Å²) in [6.07, 6.45) is 2.33. The van der Waals surface area contributed by atoms with Crippen LogP contribution in [0.2, 0.25) is 0 Å². The Morgan fingerprint density at radius 2 is 1.85 bits per heavy atom. The molecule has 1 aromatic carbocycles. The molecule has 2 amide bonds. The van der Waals surface area contributed by atoms with Crippen molar-refractivity contribution >= 4 is 71.5 Å². The van der Waals surface area contributed by atoms with E-state index in [-0.39, 0.29) is 22.0 Å². The molecule has 0 unspecified atom stereocenters. The molecule has 41 heavy (non-hydrogen) atoms. The summed E-state index contributed by atoms with van der Waals surface area (Å²) in [5.74, 6) is -4.86. The van der Waals surface area contributed by atoms with Gasteiger partial charge in [0.2, 0.25) is 5.91 Å². The van der Waals surface area contributed by atoms with Crippen LogP contribution in [-0.4, -0.2) is 75.7 Å². The van der Waals surface area contributed by atoms with Gasteiger partial charge in [0.15, 0.2) is 14.6 Å². The number of amides is 2. The van der Waals surface area contributed by atoms with E-state index < -0.39 is 45.1 Å². The van der Waals surface area contributed by atoms with E-state index in [2.05, 4.69) is 10.3 Å². The van der Waals surface area contributed by atoms with Gasteiger partial charge >= 0.3 is 11.9 Å². The summed E-state index contributed by atoms with van der Waals surface area (Å²) in [6, 6.07) is 4.86. The lowest BCUT2D eigenvalue weighted by molar-refractivity contribution is -0.115. The smallest absolute Gasteiger partial charge is 0.341 e. The fourth-order valence-electron chi connectivity index (χ4n) is 4.45. The number of ether oxygens (including phenoxy) is 3. The van der Waals surface area contributed by atoms with Crippen LogP contribution in [0.15, 0.2) is 23.2 Å². The molecule has 1 aliphatic rings. The normalized spacial score (nSPS) is 13.3. The number of hydrogen-bond donors (Lipinski definition) is 1. The number of hydrogen-bond acceptors (Lipinski definition) is 11. The Labute approximate surface area is 243 Å². The maximum Gasteiger partial charge on any atom is 0.341 e. The van der Waals surface area contributed by atoms with Crippen LogP contribution in [-0.2, 0) is 53.0 Å². The number of thiophene rings is 1. The maximum atomic E-state index is 12.8. The van der Waals surface area contributed by atoms with Gasteiger partial charge in [0.1, 0.15) is 16.5 Å². The molecule has 0 bridgehead atoms. The van der Waals surface area contributed by atoms with Crippen molar-refractivity contribution in [2.75, 3.05) is 44.3 Å². The zero-order valence-electron chi connectivity index (χ0n) is 22.7. The van der Waals surface area contributed by atoms with Crippen molar-refractivity contribution in [3.8, 4) is 0 Å². The minimum absolute atomic E-state index is 0.161. The van der Waals surface area contributed by atoms with Gasteiger partial charge in [-0.25, -0.2) is 18.0 Å². The largest absolute Gasteiger partial charge is 0.465 e. The van der Waals surface area contributed by atoms with Gasteiger partial charge in [-0.15, -0.1) is 11.3 Å². The number of nitrogens with zero attached hydrogens (tertiary/aromatic N) is 2. The first-order valence-corrected chi connectivity index (χ1v) is 16.1. The molecule has 1 aliphatic carbocycles. The van der Waals surface area contributed by atoms with Crippen molar-refractivity contribution in [3.63, 3.8) is 0 Å². The van der Waals surface area contributed by atoms with E-state index >= 15 is 0 Å². The molecular formula is C26H29N3O9S3. The Kier molecular flexibility index (Phi) is 9.73. The quantitative estimate of drug-likeness (QED) is 0.316. The molecule has 3 aromatic rings. The highest BCUT2D eigenvalue weighted by molar-refractivity contribution is 7.92. The topological polar surface area (TPSA) is 159 Å². The first-order valence-electron chi connectivity index (χ1n) is 12.7. The highest BCUT2D eigenvalue weighted by Crippen LogP contribution is 2.39. The SMILES string of the molecule is CCOC(=O)c1c(NC(=O)CS(=O)(=O)CC(=O)N=c2sc3cc(C(=O)OC)ccc3n2CCOC)sc2c1CCC2. The number of thiazole rings is 1. The van der Waals surface area contributed by atoms with Crippen molar-refractivity contribution in [1.82, 2.24) is 4.57 Å². The number of carbonyl (C=O) groups is 4. The fourth-order valence-corrected chi connectivity index (χ4v) is 7.87. The molecule has 0 atom stereocenters. The van der Waals surface area contributed by atoms with Crippen LogP contribution in [0.3, 0.4) is 0 Å². The zero-order valence-corrected chi connectivity index (χ0v) is 25.1. The van der Waals surface area contributed by atoms with E-state index in [1.807, 2.05) is 0 Å². The molecule has 0 saturated carbocycles. The summed E-state index contributed by atoms with van der Waals surface area (Å²) < 4.78 is 42.9. The summed E-state index contributed by atoms with van der Waals surface area (Å²) in [5.41, 5.74) is 2.08. The Bertz CT molecular complexity index is 1680. The van der Waals surface area contributed by atoms with Gasteiger partial charge in [0, 0.05) is 18.5 Å². The molecule has 15 heteroatoms. The number of esters is 2. The second kappa shape index (κ2) is 13.1. The molecule has 1 N–H and O–H groups in total. The van der Waals surface area contributed by atoms with Crippen LogP contribution in [0.1, 0.15) is 44.5 Å². The van der Waals surface area contributed by atoms with Gasteiger partial charge in [-0.1, -0.05) is 11.3 Å². The molecule has 0 fully saturated rings. The third-order valence-electron chi connectivity index (χ3n) is 6.19. The predicted molar refractivity (Wildman–Crippen MR) is 153 cm³/mol.